The smallest absolute Gasteiger partial charge is 0.387 e. The maximum Gasteiger partial charge on any atom is 0.387 e. The third kappa shape index (κ3) is 4.24. The maximum atomic E-state index is 13.5. The Hall–Kier alpha value is -2.01. The summed E-state index contributed by atoms with van der Waals surface area (Å²) in [7, 11) is 0. The number of rotatable bonds is 6. The van der Waals surface area contributed by atoms with Gasteiger partial charge in [-0.05, 0) is 36.6 Å². The fourth-order valence-corrected chi connectivity index (χ4v) is 2.40. The monoisotopic (exact) mass is 309 g/mol. The number of nitrogens with one attached hydrogen (secondary N) is 1. The first kappa shape index (κ1) is 16.4. The van der Waals surface area contributed by atoms with Crippen molar-refractivity contribution >= 4 is 0 Å². The molecule has 0 saturated heterocycles. The molecule has 0 bridgehead atoms. The van der Waals surface area contributed by atoms with E-state index >= 15 is 0 Å². The molecule has 0 heterocycles. The molecule has 22 heavy (non-hydrogen) atoms. The summed E-state index contributed by atoms with van der Waals surface area (Å²) in [6.07, 6.45) is 0. The van der Waals surface area contributed by atoms with Crippen LogP contribution in [0.25, 0.3) is 0 Å². The van der Waals surface area contributed by atoms with Gasteiger partial charge in [0.15, 0.2) is 0 Å². The van der Waals surface area contributed by atoms with Gasteiger partial charge in [0.2, 0.25) is 0 Å². The zero-order valence-corrected chi connectivity index (χ0v) is 12.5. The molecule has 0 fully saturated rings. The Labute approximate surface area is 127 Å². The molecule has 2 rings (SSSR count). The van der Waals surface area contributed by atoms with Crippen molar-refractivity contribution in [3.05, 3.63) is 64.5 Å². The number of alkyl halides is 2. The lowest BCUT2D eigenvalue weighted by Gasteiger charge is -2.14. The van der Waals surface area contributed by atoms with Gasteiger partial charge in [-0.3, -0.25) is 0 Å². The lowest BCUT2D eigenvalue weighted by Crippen LogP contribution is -2.14. The molecule has 0 amide bonds. The summed E-state index contributed by atoms with van der Waals surface area (Å²) in [6.45, 7) is 1.55. The molecule has 2 nitrogen and oxygen atoms in total. The number of benzene rings is 2. The molecular formula is C17H18F3NO. The summed E-state index contributed by atoms with van der Waals surface area (Å²) >= 11 is 0. The predicted molar refractivity (Wildman–Crippen MR) is 79.5 cm³/mol. The Morgan fingerprint density at radius 3 is 2.27 bits per heavy atom. The molecule has 0 aliphatic carbocycles. The van der Waals surface area contributed by atoms with E-state index in [1.165, 1.54) is 6.07 Å². The fraction of sp³-hybridized carbons (Fsp3) is 0.294. The van der Waals surface area contributed by atoms with Crippen LogP contribution >= 0.6 is 0 Å². The second kappa shape index (κ2) is 7.31. The number of hydrogen-bond donors (Lipinski definition) is 1. The van der Waals surface area contributed by atoms with E-state index in [0.717, 1.165) is 5.56 Å². The van der Waals surface area contributed by atoms with E-state index in [1.54, 1.807) is 44.2 Å². The topological polar surface area (TPSA) is 21.3 Å². The Balaban J connectivity index is 2.00. The van der Waals surface area contributed by atoms with Gasteiger partial charge in [-0.25, -0.2) is 4.39 Å². The lowest BCUT2D eigenvalue weighted by atomic mass is 10.1. The summed E-state index contributed by atoms with van der Waals surface area (Å²) in [5, 5.41) is 3.14. The van der Waals surface area contributed by atoms with Crippen molar-refractivity contribution in [1.82, 2.24) is 5.32 Å². The van der Waals surface area contributed by atoms with Crippen LogP contribution in [0.2, 0.25) is 0 Å². The van der Waals surface area contributed by atoms with Crippen LogP contribution in [-0.4, -0.2) is 6.61 Å². The molecule has 0 aromatic heterocycles. The standard InChI is InChI=1S/C17H18F3NO/c1-11-7-13(8-12(2)16(11)22-17(19)20)9-21-10-14-5-3-4-6-15(14)18/h3-8,17,21H,9-10H2,1-2H3. The van der Waals surface area contributed by atoms with Crippen molar-refractivity contribution in [2.24, 2.45) is 0 Å². The average molecular weight is 309 g/mol. The summed E-state index contributed by atoms with van der Waals surface area (Å²) in [5.74, 6) is -0.0316. The van der Waals surface area contributed by atoms with Crippen molar-refractivity contribution in [3.8, 4) is 5.75 Å². The van der Waals surface area contributed by atoms with E-state index in [-0.39, 0.29) is 11.6 Å². The second-order valence-electron chi connectivity index (χ2n) is 5.13. The van der Waals surface area contributed by atoms with Gasteiger partial charge in [0.25, 0.3) is 0 Å². The summed E-state index contributed by atoms with van der Waals surface area (Å²) in [5.41, 5.74) is 2.84. The van der Waals surface area contributed by atoms with E-state index in [0.29, 0.717) is 29.8 Å². The zero-order valence-electron chi connectivity index (χ0n) is 12.5. The fourth-order valence-electron chi connectivity index (χ4n) is 2.40. The molecule has 0 aliphatic rings. The van der Waals surface area contributed by atoms with Gasteiger partial charge in [-0.15, -0.1) is 0 Å². The van der Waals surface area contributed by atoms with Gasteiger partial charge in [0.1, 0.15) is 11.6 Å². The SMILES string of the molecule is Cc1cc(CNCc2ccccc2F)cc(C)c1OC(F)F. The van der Waals surface area contributed by atoms with Crippen LogP contribution in [-0.2, 0) is 13.1 Å². The van der Waals surface area contributed by atoms with Gasteiger partial charge < -0.3 is 10.1 Å². The van der Waals surface area contributed by atoms with Crippen LogP contribution in [0.4, 0.5) is 13.2 Å². The third-order valence-electron chi connectivity index (χ3n) is 3.33. The first-order valence-corrected chi connectivity index (χ1v) is 6.96. The highest BCUT2D eigenvalue weighted by Crippen LogP contribution is 2.26. The van der Waals surface area contributed by atoms with Crippen LogP contribution in [0.5, 0.6) is 5.75 Å². The normalized spacial score (nSPS) is 11.0. The molecule has 5 heteroatoms. The van der Waals surface area contributed by atoms with E-state index in [4.69, 9.17) is 0 Å². The number of hydrogen-bond acceptors (Lipinski definition) is 2. The van der Waals surface area contributed by atoms with Crippen molar-refractivity contribution in [3.63, 3.8) is 0 Å². The zero-order chi connectivity index (χ0) is 16.1. The largest absolute Gasteiger partial charge is 0.434 e. The van der Waals surface area contributed by atoms with Gasteiger partial charge in [0.05, 0.1) is 0 Å². The van der Waals surface area contributed by atoms with E-state index in [2.05, 4.69) is 10.1 Å². The van der Waals surface area contributed by atoms with Crippen molar-refractivity contribution in [2.75, 3.05) is 0 Å². The number of halogens is 3. The summed E-state index contributed by atoms with van der Waals surface area (Å²) in [4.78, 5) is 0. The van der Waals surface area contributed by atoms with Crippen LogP contribution in [0.1, 0.15) is 22.3 Å². The Kier molecular flexibility index (Phi) is 5.44. The van der Waals surface area contributed by atoms with Crippen molar-refractivity contribution < 1.29 is 17.9 Å². The average Bonchev–Trinajstić information content (AvgIpc) is 2.45. The van der Waals surface area contributed by atoms with Crippen LogP contribution in [0.3, 0.4) is 0 Å². The molecule has 2 aromatic carbocycles. The highest BCUT2D eigenvalue weighted by Gasteiger charge is 2.11. The minimum atomic E-state index is -2.83. The number of aryl methyl sites for hydroxylation is 2. The highest BCUT2D eigenvalue weighted by molar-refractivity contribution is 5.43. The highest BCUT2D eigenvalue weighted by atomic mass is 19.3. The summed E-state index contributed by atoms with van der Waals surface area (Å²) in [6, 6.07) is 10.1. The molecule has 0 atom stereocenters. The molecule has 0 saturated carbocycles. The second-order valence-corrected chi connectivity index (χ2v) is 5.13. The predicted octanol–water partition coefficient (Wildman–Crippen LogP) is 4.33. The first-order valence-electron chi connectivity index (χ1n) is 6.96. The van der Waals surface area contributed by atoms with Gasteiger partial charge in [0, 0.05) is 18.7 Å². The first-order chi connectivity index (χ1) is 10.5. The molecule has 0 radical (unpaired) electrons. The quantitative estimate of drug-likeness (QED) is 0.857. The van der Waals surface area contributed by atoms with Crippen LogP contribution in [0, 0.1) is 19.7 Å². The Bertz CT molecular complexity index is 621. The van der Waals surface area contributed by atoms with E-state index < -0.39 is 6.61 Å². The summed E-state index contributed by atoms with van der Waals surface area (Å²) < 4.78 is 42.7. The van der Waals surface area contributed by atoms with E-state index in [9.17, 15) is 13.2 Å². The van der Waals surface area contributed by atoms with Crippen LogP contribution in [0.15, 0.2) is 36.4 Å². The van der Waals surface area contributed by atoms with Crippen molar-refractivity contribution in [2.45, 2.75) is 33.5 Å². The molecular weight excluding hydrogens is 291 g/mol. The molecule has 1 N–H and O–H groups in total. The maximum absolute atomic E-state index is 13.5. The lowest BCUT2D eigenvalue weighted by molar-refractivity contribution is -0.0507. The minimum absolute atomic E-state index is 0.216. The number of ether oxygens (including phenoxy) is 1. The Morgan fingerprint density at radius 1 is 1.05 bits per heavy atom. The third-order valence-corrected chi connectivity index (χ3v) is 3.33. The van der Waals surface area contributed by atoms with Gasteiger partial charge in [-0.1, -0.05) is 30.3 Å². The molecule has 0 aliphatic heterocycles. The van der Waals surface area contributed by atoms with Crippen LogP contribution < -0.4 is 10.1 Å². The Morgan fingerprint density at radius 2 is 1.68 bits per heavy atom. The van der Waals surface area contributed by atoms with Gasteiger partial charge >= 0.3 is 6.61 Å². The molecule has 118 valence electrons. The van der Waals surface area contributed by atoms with Gasteiger partial charge in [-0.2, -0.15) is 8.78 Å². The molecule has 2 aromatic rings. The van der Waals surface area contributed by atoms with E-state index in [1.807, 2.05) is 0 Å². The molecule has 0 unspecified atom stereocenters. The molecule has 0 spiro atoms. The van der Waals surface area contributed by atoms with Crippen molar-refractivity contribution in [1.29, 1.82) is 0 Å². The minimum Gasteiger partial charge on any atom is -0.434 e.